The fraction of sp³-hybridized carbons (Fsp3) is 0.450. The average Bonchev–Trinajstić information content (AvgIpc) is 3.10. The van der Waals surface area contributed by atoms with E-state index in [0.717, 1.165) is 54.4 Å². The van der Waals surface area contributed by atoms with Gasteiger partial charge in [0.05, 0.1) is 4.88 Å². The highest BCUT2D eigenvalue weighted by Gasteiger charge is 2.25. The second-order valence-corrected chi connectivity index (χ2v) is 7.57. The summed E-state index contributed by atoms with van der Waals surface area (Å²) in [5, 5.41) is 5.25. The van der Waals surface area contributed by atoms with Crippen molar-refractivity contribution in [3.8, 4) is 11.1 Å². The van der Waals surface area contributed by atoms with Crippen LogP contribution in [0, 0.1) is 12.8 Å². The molecule has 1 amide bonds. The maximum absolute atomic E-state index is 13.0. The van der Waals surface area contributed by atoms with Gasteiger partial charge in [-0.25, -0.2) is 0 Å². The summed E-state index contributed by atoms with van der Waals surface area (Å²) in [6.45, 7) is 4.93. The van der Waals surface area contributed by atoms with Crippen LogP contribution in [-0.4, -0.2) is 37.5 Å². The largest absolute Gasteiger partial charge is 0.338 e. The van der Waals surface area contributed by atoms with E-state index in [9.17, 15) is 4.79 Å². The number of carbonyl (C=O) groups excluding carboxylic acids is 1. The molecule has 0 spiro atoms. The minimum Gasteiger partial charge on any atom is -0.338 e. The number of carbonyl (C=O) groups is 1. The third-order valence-corrected chi connectivity index (χ3v) is 5.83. The monoisotopic (exact) mass is 378 g/mol. The van der Waals surface area contributed by atoms with E-state index in [1.54, 1.807) is 11.3 Å². The average molecular weight is 379 g/mol. The lowest BCUT2D eigenvalue weighted by Crippen LogP contribution is -2.38. The highest BCUT2D eigenvalue weighted by molar-refractivity contribution is 7.12. The van der Waals surface area contributed by atoms with Gasteiger partial charge < -0.3 is 10.2 Å². The molecule has 0 unspecified atom stereocenters. The molecule has 1 aliphatic heterocycles. The lowest BCUT2D eigenvalue weighted by Gasteiger charge is -2.32. The van der Waals surface area contributed by atoms with Crippen molar-refractivity contribution in [1.29, 1.82) is 0 Å². The number of likely N-dealkylation sites (tertiary alicyclic amines) is 1. The standard InChI is InChI=1S/C20H26N2OS.ClH/c1-15-3-5-17(6-4-15)18-10-14-24-19(18)20(23)22-12-8-16(9-13-22)7-11-21-2;/h3-6,10,14,16,21H,7-9,11-13H2,1-2H3;1H. The van der Waals surface area contributed by atoms with E-state index < -0.39 is 0 Å². The van der Waals surface area contributed by atoms with Crippen molar-refractivity contribution in [2.24, 2.45) is 5.92 Å². The predicted octanol–water partition coefficient (Wildman–Crippen LogP) is 4.61. The normalized spacial score (nSPS) is 15.0. The van der Waals surface area contributed by atoms with Crippen molar-refractivity contribution in [1.82, 2.24) is 10.2 Å². The van der Waals surface area contributed by atoms with Crippen LogP contribution in [0.1, 0.15) is 34.5 Å². The number of benzene rings is 1. The van der Waals surface area contributed by atoms with Crippen molar-refractivity contribution >= 4 is 29.7 Å². The molecule has 3 nitrogen and oxygen atoms in total. The number of halogens is 1. The summed E-state index contributed by atoms with van der Waals surface area (Å²) in [6.07, 6.45) is 3.46. The second kappa shape index (κ2) is 9.37. The summed E-state index contributed by atoms with van der Waals surface area (Å²) >= 11 is 1.56. The first kappa shape index (κ1) is 20.0. The van der Waals surface area contributed by atoms with Crippen LogP contribution in [0.4, 0.5) is 0 Å². The molecule has 25 heavy (non-hydrogen) atoms. The summed E-state index contributed by atoms with van der Waals surface area (Å²) in [4.78, 5) is 15.9. The van der Waals surface area contributed by atoms with Crippen molar-refractivity contribution < 1.29 is 4.79 Å². The number of aryl methyl sites for hydroxylation is 1. The molecule has 0 atom stereocenters. The molecule has 5 heteroatoms. The molecule has 0 aliphatic carbocycles. The Labute approximate surface area is 160 Å². The van der Waals surface area contributed by atoms with Gasteiger partial charge in [0.25, 0.3) is 5.91 Å². The summed E-state index contributed by atoms with van der Waals surface area (Å²) in [6, 6.07) is 10.5. The number of nitrogens with zero attached hydrogens (tertiary/aromatic N) is 1. The fourth-order valence-corrected chi connectivity index (χ4v) is 4.24. The first-order valence-corrected chi connectivity index (χ1v) is 9.65. The number of hydrogen-bond donors (Lipinski definition) is 1. The van der Waals surface area contributed by atoms with Gasteiger partial charge in [-0.2, -0.15) is 0 Å². The van der Waals surface area contributed by atoms with Crippen LogP contribution >= 0.6 is 23.7 Å². The summed E-state index contributed by atoms with van der Waals surface area (Å²) in [5.74, 6) is 0.953. The fourth-order valence-electron chi connectivity index (χ4n) is 3.35. The van der Waals surface area contributed by atoms with Gasteiger partial charge in [0, 0.05) is 18.7 Å². The Hall–Kier alpha value is -1.36. The Morgan fingerprint density at radius 1 is 1.20 bits per heavy atom. The molecule has 1 N–H and O–H groups in total. The number of hydrogen-bond acceptors (Lipinski definition) is 3. The van der Waals surface area contributed by atoms with Gasteiger partial charge in [-0.15, -0.1) is 23.7 Å². The van der Waals surface area contributed by atoms with Gasteiger partial charge in [0.2, 0.25) is 0 Å². The summed E-state index contributed by atoms with van der Waals surface area (Å²) in [5.41, 5.74) is 3.45. The summed E-state index contributed by atoms with van der Waals surface area (Å²) in [7, 11) is 2.00. The first-order chi connectivity index (χ1) is 11.7. The predicted molar refractivity (Wildman–Crippen MR) is 109 cm³/mol. The molecule has 0 radical (unpaired) electrons. The molecule has 2 aromatic rings. The van der Waals surface area contributed by atoms with Gasteiger partial charge in [0.1, 0.15) is 0 Å². The van der Waals surface area contributed by atoms with Crippen LogP contribution in [0.5, 0.6) is 0 Å². The lowest BCUT2D eigenvalue weighted by atomic mass is 9.93. The zero-order valence-corrected chi connectivity index (χ0v) is 16.6. The second-order valence-electron chi connectivity index (χ2n) is 6.66. The van der Waals surface area contributed by atoms with Crippen LogP contribution in [0.15, 0.2) is 35.7 Å². The summed E-state index contributed by atoms with van der Waals surface area (Å²) < 4.78 is 0. The minimum absolute atomic E-state index is 0. The maximum atomic E-state index is 13.0. The van der Waals surface area contributed by atoms with Gasteiger partial charge in [-0.3, -0.25) is 4.79 Å². The highest BCUT2D eigenvalue weighted by atomic mass is 35.5. The minimum atomic E-state index is 0. The van der Waals surface area contributed by atoms with E-state index in [-0.39, 0.29) is 18.3 Å². The lowest BCUT2D eigenvalue weighted by molar-refractivity contribution is 0.0693. The zero-order chi connectivity index (χ0) is 16.9. The number of nitrogens with one attached hydrogen (secondary N) is 1. The van der Waals surface area contributed by atoms with E-state index in [1.807, 2.05) is 17.3 Å². The quantitative estimate of drug-likeness (QED) is 0.824. The Morgan fingerprint density at radius 2 is 1.88 bits per heavy atom. The highest BCUT2D eigenvalue weighted by Crippen LogP contribution is 2.31. The van der Waals surface area contributed by atoms with Gasteiger partial charge in [-0.05, 0) is 62.7 Å². The van der Waals surface area contributed by atoms with Crippen molar-refractivity contribution in [2.75, 3.05) is 26.7 Å². The molecule has 0 bridgehead atoms. The van der Waals surface area contributed by atoms with Gasteiger partial charge in [-0.1, -0.05) is 29.8 Å². The SMILES string of the molecule is CNCCC1CCN(C(=O)c2sccc2-c2ccc(C)cc2)CC1.Cl. The van der Waals surface area contributed by atoms with Crippen molar-refractivity contribution in [3.05, 3.63) is 46.2 Å². The van der Waals surface area contributed by atoms with E-state index in [0.29, 0.717) is 0 Å². The number of piperidine rings is 1. The van der Waals surface area contributed by atoms with Crippen LogP contribution in [0.3, 0.4) is 0 Å². The van der Waals surface area contributed by atoms with Crippen LogP contribution in [0.25, 0.3) is 11.1 Å². The molecule has 1 aliphatic rings. The molecule has 1 aromatic carbocycles. The van der Waals surface area contributed by atoms with Crippen molar-refractivity contribution in [3.63, 3.8) is 0 Å². The van der Waals surface area contributed by atoms with Crippen LogP contribution in [-0.2, 0) is 0 Å². The molecule has 1 aromatic heterocycles. The molecule has 2 heterocycles. The topological polar surface area (TPSA) is 32.3 Å². The Bertz CT molecular complexity index is 675. The van der Waals surface area contributed by atoms with Gasteiger partial charge >= 0.3 is 0 Å². The third kappa shape index (κ3) is 4.84. The van der Waals surface area contributed by atoms with Gasteiger partial charge in [0.15, 0.2) is 0 Å². The van der Waals surface area contributed by atoms with E-state index in [1.165, 1.54) is 12.0 Å². The molecule has 3 rings (SSSR count). The maximum Gasteiger partial charge on any atom is 0.264 e. The van der Waals surface area contributed by atoms with Crippen LogP contribution < -0.4 is 5.32 Å². The first-order valence-electron chi connectivity index (χ1n) is 8.77. The number of rotatable bonds is 5. The van der Waals surface area contributed by atoms with E-state index >= 15 is 0 Å². The molecule has 136 valence electrons. The Balaban J connectivity index is 0.00000225. The van der Waals surface area contributed by atoms with E-state index in [2.05, 4.69) is 42.6 Å². The third-order valence-electron chi connectivity index (χ3n) is 4.93. The Morgan fingerprint density at radius 3 is 2.52 bits per heavy atom. The molecular weight excluding hydrogens is 352 g/mol. The Kier molecular flexibility index (Phi) is 7.48. The van der Waals surface area contributed by atoms with E-state index in [4.69, 9.17) is 0 Å². The number of thiophene rings is 1. The molecule has 0 saturated carbocycles. The number of amides is 1. The smallest absolute Gasteiger partial charge is 0.264 e. The molecule has 1 fully saturated rings. The van der Waals surface area contributed by atoms with Crippen LogP contribution in [0.2, 0.25) is 0 Å². The molecular formula is C20H27ClN2OS. The zero-order valence-electron chi connectivity index (χ0n) is 15.0. The van der Waals surface area contributed by atoms with Crippen molar-refractivity contribution in [2.45, 2.75) is 26.2 Å². The molecule has 1 saturated heterocycles.